The highest BCUT2D eigenvalue weighted by molar-refractivity contribution is 5.34. The Morgan fingerprint density at radius 2 is 2.18 bits per heavy atom. The molecule has 0 bridgehead atoms. The molecule has 3 rings (SSSR count). The van der Waals surface area contributed by atoms with Crippen molar-refractivity contribution in [1.29, 1.82) is 0 Å². The van der Waals surface area contributed by atoms with Crippen molar-refractivity contribution in [2.24, 2.45) is 0 Å². The summed E-state index contributed by atoms with van der Waals surface area (Å²) in [5.41, 5.74) is 1.57. The number of phenolic OH excluding ortho intramolecular Hbond substituents is 1. The average molecular weight is 227 g/mol. The summed E-state index contributed by atoms with van der Waals surface area (Å²) < 4.78 is 1.64. The Labute approximate surface area is 96.6 Å². The van der Waals surface area contributed by atoms with Gasteiger partial charge in [-0.05, 0) is 17.7 Å². The molecule has 0 unspecified atom stereocenters. The van der Waals surface area contributed by atoms with Crippen LogP contribution in [0.15, 0.2) is 36.8 Å². The molecule has 17 heavy (non-hydrogen) atoms. The van der Waals surface area contributed by atoms with Gasteiger partial charge in [-0.25, -0.2) is 4.98 Å². The number of aromatic nitrogens is 5. The van der Waals surface area contributed by atoms with E-state index in [1.165, 1.54) is 6.33 Å². The van der Waals surface area contributed by atoms with E-state index in [1.54, 1.807) is 28.9 Å². The molecule has 0 atom stereocenters. The lowest BCUT2D eigenvalue weighted by Crippen LogP contribution is -1.99. The molecule has 2 heterocycles. The molecule has 0 aliphatic heterocycles. The zero-order chi connectivity index (χ0) is 11.7. The highest BCUT2D eigenvalue weighted by Gasteiger charge is 2.07. The number of rotatable bonds is 2. The van der Waals surface area contributed by atoms with Crippen LogP contribution in [-0.4, -0.2) is 29.9 Å². The third kappa shape index (κ3) is 1.80. The Balaban J connectivity index is 2.00. The summed E-state index contributed by atoms with van der Waals surface area (Å²) in [7, 11) is 0. The van der Waals surface area contributed by atoms with Gasteiger partial charge >= 0.3 is 0 Å². The second kappa shape index (κ2) is 3.82. The molecule has 0 fully saturated rings. The fraction of sp³-hybridized carbons (Fsp3) is 0.0909. The van der Waals surface area contributed by atoms with Crippen molar-refractivity contribution in [3.05, 3.63) is 48.2 Å². The third-order valence-electron chi connectivity index (χ3n) is 2.43. The highest BCUT2D eigenvalue weighted by Crippen LogP contribution is 2.14. The molecule has 0 saturated heterocycles. The minimum Gasteiger partial charge on any atom is -0.508 e. The number of benzene rings is 1. The predicted molar refractivity (Wildman–Crippen MR) is 59.5 cm³/mol. The summed E-state index contributed by atoms with van der Waals surface area (Å²) in [4.78, 5) is 3.87. The van der Waals surface area contributed by atoms with Crippen LogP contribution >= 0.6 is 0 Å². The van der Waals surface area contributed by atoms with E-state index in [2.05, 4.69) is 20.3 Å². The zero-order valence-corrected chi connectivity index (χ0v) is 8.85. The van der Waals surface area contributed by atoms with Crippen LogP contribution < -0.4 is 0 Å². The minimum absolute atomic E-state index is 0.242. The fourth-order valence-electron chi connectivity index (χ4n) is 1.67. The highest BCUT2D eigenvalue weighted by atomic mass is 16.3. The normalized spacial score (nSPS) is 10.8. The molecule has 0 spiro atoms. The maximum Gasteiger partial charge on any atom is 0.196 e. The molecule has 6 heteroatoms. The van der Waals surface area contributed by atoms with E-state index in [0.717, 1.165) is 5.56 Å². The molecule has 6 nitrogen and oxygen atoms in total. The van der Waals surface area contributed by atoms with E-state index in [-0.39, 0.29) is 5.75 Å². The van der Waals surface area contributed by atoms with Gasteiger partial charge in [0, 0.05) is 6.42 Å². The van der Waals surface area contributed by atoms with E-state index in [1.807, 2.05) is 6.07 Å². The monoisotopic (exact) mass is 227 g/mol. The summed E-state index contributed by atoms with van der Waals surface area (Å²) >= 11 is 0. The van der Waals surface area contributed by atoms with Crippen LogP contribution in [0.25, 0.3) is 5.65 Å². The molecular formula is C11H9N5O. The first-order valence-electron chi connectivity index (χ1n) is 5.11. The van der Waals surface area contributed by atoms with E-state index in [0.29, 0.717) is 17.9 Å². The van der Waals surface area contributed by atoms with Gasteiger partial charge in [0.1, 0.15) is 12.1 Å². The van der Waals surface area contributed by atoms with Gasteiger partial charge in [-0.2, -0.15) is 9.61 Å². The first kappa shape index (κ1) is 9.71. The van der Waals surface area contributed by atoms with E-state index in [4.69, 9.17) is 0 Å². The minimum atomic E-state index is 0.242. The molecule has 3 aromatic rings. The van der Waals surface area contributed by atoms with Crippen molar-refractivity contribution >= 4 is 5.65 Å². The van der Waals surface area contributed by atoms with Gasteiger partial charge in [0.25, 0.3) is 0 Å². The van der Waals surface area contributed by atoms with E-state index in [9.17, 15) is 5.11 Å². The van der Waals surface area contributed by atoms with Gasteiger partial charge in [-0.3, -0.25) is 0 Å². The van der Waals surface area contributed by atoms with Gasteiger partial charge in [-0.15, -0.1) is 10.2 Å². The van der Waals surface area contributed by atoms with Gasteiger partial charge in [0.2, 0.25) is 0 Å². The van der Waals surface area contributed by atoms with Crippen LogP contribution in [-0.2, 0) is 6.42 Å². The SMILES string of the molecule is Oc1cccc(Cc2nnc3cncnn23)c1. The molecular weight excluding hydrogens is 218 g/mol. The Kier molecular flexibility index (Phi) is 2.18. The summed E-state index contributed by atoms with van der Waals surface area (Å²) in [5.74, 6) is 0.957. The predicted octanol–water partition coefficient (Wildman–Crippen LogP) is 0.816. The standard InChI is InChI=1S/C11H9N5O/c17-9-3-1-2-8(4-9)5-10-14-15-11-6-12-7-13-16(10)11/h1-4,6-7,17H,5H2. The molecule has 0 amide bonds. The van der Waals surface area contributed by atoms with Crippen molar-refractivity contribution in [2.45, 2.75) is 6.42 Å². The molecule has 0 radical (unpaired) electrons. The van der Waals surface area contributed by atoms with Crippen LogP contribution in [0.5, 0.6) is 5.75 Å². The molecule has 0 aliphatic carbocycles. The molecule has 84 valence electrons. The Bertz CT molecular complexity index is 664. The maximum absolute atomic E-state index is 9.39. The van der Waals surface area contributed by atoms with Gasteiger partial charge in [0.05, 0.1) is 6.20 Å². The first-order chi connectivity index (χ1) is 8.33. The van der Waals surface area contributed by atoms with Crippen molar-refractivity contribution in [3.8, 4) is 5.75 Å². The Morgan fingerprint density at radius 1 is 1.24 bits per heavy atom. The lowest BCUT2D eigenvalue weighted by molar-refractivity contribution is 0.474. The van der Waals surface area contributed by atoms with Crippen LogP contribution in [0.3, 0.4) is 0 Å². The van der Waals surface area contributed by atoms with Crippen molar-refractivity contribution in [3.63, 3.8) is 0 Å². The summed E-state index contributed by atoms with van der Waals surface area (Å²) in [6.07, 6.45) is 3.61. The molecule has 0 saturated carbocycles. The zero-order valence-electron chi connectivity index (χ0n) is 8.85. The van der Waals surface area contributed by atoms with Crippen LogP contribution in [0.2, 0.25) is 0 Å². The van der Waals surface area contributed by atoms with Gasteiger partial charge in [-0.1, -0.05) is 12.1 Å². The second-order valence-corrected chi connectivity index (χ2v) is 3.64. The lowest BCUT2D eigenvalue weighted by atomic mass is 10.1. The van der Waals surface area contributed by atoms with Crippen molar-refractivity contribution in [1.82, 2.24) is 24.8 Å². The Hall–Kier alpha value is -2.50. The summed E-state index contributed by atoms with van der Waals surface area (Å²) in [5, 5.41) is 21.5. The van der Waals surface area contributed by atoms with Gasteiger partial charge < -0.3 is 5.11 Å². The van der Waals surface area contributed by atoms with Crippen LogP contribution in [0, 0.1) is 0 Å². The number of hydrogen-bond acceptors (Lipinski definition) is 5. The number of aromatic hydroxyl groups is 1. The quantitative estimate of drug-likeness (QED) is 0.701. The second-order valence-electron chi connectivity index (χ2n) is 3.64. The summed E-state index contributed by atoms with van der Waals surface area (Å²) in [6, 6.07) is 7.04. The number of nitrogens with zero attached hydrogens (tertiary/aromatic N) is 5. The van der Waals surface area contributed by atoms with E-state index >= 15 is 0 Å². The Morgan fingerprint density at radius 3 is 3.06 bits per heavy atom. The van der Waals surface area contributed by atoms with Crippen molar-refractivity contribution < 1.29 is 5.11 Å². The maximum atomic E-state index is 9.39. The third-order valence-corrected chi connectivity index (χ3v) is 2.43. The first-order valence-corrected chi connectivity index (χ1v) is 5.11. The fourth-order valence-corrected chi connectivity index (χ4v) is 1.67. The molecule has 2 aromatic heterocycles. The summed E-state index contributed by atoms with van der Waals surface area (Å²) in [6.45, 7) is 0. The molecule has 1 N–H and O–H groups in total. The van der Waals surface area contributed by atoms with E-state index < -0.39 is 0 Å². The van der Waals surface area contributed by atoms with Crippen LogP contribution in [0.1, 0.15) is 11.4 Å². The van der Waals surface area contributed by atoms with Crippen LogP contribution in [0.4, 0.5) is 0 Å². The molecule has 1 aromatic carbocycles. The number of fused-ring (bicyclic) bond motifs is 1. The average Bonchev–Trinajstić information content (AvgIpc) is 2.73. The number of phenols is 1. The van der Waals surface area contributed by atoms with Gasteiger partial charge in [0.15, 0.2) is 11.5 Å². The largest absolute Gasteiger partial charge is 0.508 e. The smallest absolute Gasteiger partial charge is 0.196 e. The number of hydrogen-bond donors (Lipinski definition) is 1. The lowest BCUT2D eigenvalue weighted by Gasteiger charge is -1.99. The van der Waals surface area contributed by atoms with Crippen molar-refractivity contribution in [2.75, 3.05) is 0 Å². The molecule has 0 aliphatic rings. The topological polar surface area (TPSA) is 76.2 Å².